The molecule has 138 valence electrons. The van der Waals surface area contributed by atoms with Crippen molar-refractivity contribution >= 4 is 23.1 Å². The Morgan fingerprint density at radius 3 is 2.73 bits per heavy atom. The fourth-order valence-corrected chi connectivity index (χ4v) is 4.22. The van der Waals surface area contributed by atoms with Gasteiger partial charge in [0.15, 0.2) is 6.61 Å². The molecule has 0 spiro atoms. The molecule has 0 fully saturated rings. The number of carbonyl (C=O) groups is 2. The third kappa shape index (κ3) is 3.90. The number of hydrogen-bond donors (Lipinski definition) is 0. The molecule has 0 amide bonds. The summed E-state index contributed by atoms with van der Waals surface area (Å²) in [5.74, 6) is 0.871. The van der Waals surface area contributed by atoms with Crippen molar-refractivity contribution in [1.82, 2.24) is 0 Å². The summed E-state index contributed by atoms with van der Waals surface area (Å²) in [5.41, 5.74) is 1.60. The number of hydrogen-bond acceptors (Lipinski definition) is 6. The van der Waals surface area contributed by atoms with Gasteiger partial charge in [-0.3, -0.25) is 4.79 Å². The molecule has 0 unspecified atom stereocenters. The van der Waals surface area contributed by atoms with Crippen LogP contribution in [0, 0.1) is 5.92 Å². The van der Waals surface area contributed by atoms with Gasteiger partial charge in [0.05, 0.1) is 19.8 Å². The first-order valence-corrected chi connectivity index (χ1v) is 9.37. The zero-order valence-corrected chi connectivity index (χ0v) is 16.0. The number of esters is 1. The summed E-state index contributed by atoms with van der Waals surface area (Å²) in [5, 5.41) is 0. The molecular formula is C20H22O5S. The van der Waals surface area contributed by atoms with Gasteiger partial charge in [0.1, 0.15) is 16.4 Å². The molecule has 1 aromatic carbocycles. The second-order valence-corrected chi connectivity index (χ2v) is 7.61. The summed E-state index contributed by atoms with van der Waals surface area (Å²) in [6.07, 6.45) is 3.16. The van der Waals surface area contributed by atoms with Crippen LogP contribution in [0.5, 0.6) is 11.5 Å². The van der Waals surface area contributed by atoms with E-state index >= 15 is 0 Å². The van der Waals surface area contributed by atoms with E-state index in [9.17, 15) is 9.59 Å². The average Bonchev–Trinajstić information content (AvgIpc) is 3.08. The van der Waals surface area contributed by atoms with E-state index in [0.29, 0.717) is 27.9 Å². The van der Waals surface area contributed by atoms with Crippen molar-refractivity contribution in [2.75, 3.05) is 20.8 Å². The molecule has 5 nitrogen and oxygen atoms in total. The minimum Gasteiger partial charge on any atom is -0.497 e. The monoisotopic (exact) mass is 374 g/mol. The quantitative estimate of drug-likeness (QED) is 0.566. The van der Waals surface area contributed by atoms with Crippen LogP contribution in [0.3, 0.4) is 0 Å². The third-order valence-corrected chi connectivity index (χ3v) is 5.79. The Morgan fingerprint density at radius 2 is 2.00 bits per heavy atom. The molecule has 1 aliphatic carbocycles. The van der Waals surface area contributed by atoms with Gasteiger partial charge in [0.25, 0.3) is 0 Å². The van der Waals surface area contributed by atoms with Gasteiger partial charge in [-0.1, -0.05) is 6.92 Å². The Balaban J connectivity index is 1.65. The van der Waals surface area contributed by atoms with Gasteiger partial charge in [-0.05, 0) is 48.9 Å². The van der Waals surface area contributed by atoms with Gasteiger partial charge >= 0.3 is 5.97 Å². The number of ether oxygens (including phenoxy) is 3. The molecule has 0 saturated heterocycles. The number of aryl methyl sites for hydroxylation is 1. The normalized spacial score (nSPS) is 15.9. The second-order valence-electron chi connectivity index (χ2n) is 6.47. The van der Waals surface area contributed by atoms with E-state index in [4.69, 9.17) is 14.2 Å². The Kier molecular flexibility index (Phi) is 5.61. The SMILES string of the molecule is COc1ccc(C(=O)COC(=O)c2cc3c(s2)CC[C@@H](C)C3)c(OC)c1. The highest BCUT2D eigenvalue weighted by Crippen LogP contribution is 2.32. The first-order chi connectivity index (χ1) is 12.5. The summed E-state index contributed by atoms with van der Waals surface area (Å²) in [4.78, 5) is 26.6. The lowest BCUT2D eigenvalue weighted by atomic mass is 9.90. The number of fused-ring (bicyclic) bond motifs is 1. The van der Waals surface area contributed by atoms with Crippen LogP contribution in [-0.4, -0.2) is 32.6 Å². The van der Waals surface area contributed by atoms with E-state index in [1.165, 1.54) is 28.9 Å². The average molecular weight is 374 g/mol. The molecule has 3 rings (SSSR count). The minimum absolute atomic E-state index is 0.312. The first-order valence-electron chi connectivity index (χ1n) is 8.55. The van der Waals surface area contributed by atoms with E-state index in [0.717, 1.165) is 19.3 Å². The standard InChI is InChI=1S/C20H22O5S/c1-12-4-7-18-13(8-12)9-19(26-18)20(22)25-11-16(21)15-6-5-14(23-2)10-17(15)24-3/h5-6,9-10,12H,4,7-8,11H2,1-3H3/t12-/m1/s1. The molecule has 0 aliphatic heterocycles. The summed E-state index contributed by atoms with van der Waals surface area (Å²) >= 11 is 1.48. The number of Topliss-reactive ketones (excluding diaryl/α,β-unsaturated/α-hetero) is 1. The first kappa shape index (κ1) is 18.5. The van der Waals surface area contributed by atoms with Crippen molar-refractivity contribution in [3.63, 3.8) is 0 Å². The molecule has 6 heteroatoms. The van der Waals surface area contributed by atoms with Gasteiger partial charge in [-0.25, -0.2) is 4.79 Å². The Labute approximate surface area is 156 Å². The van der Waals surface area contributed by atoms with Crippen molar-refractivity contribution in [2.24, 2.45) is 5.92 Å². The fourth-order valence-electron chi connectivity index (χ4n) is 3.12. The third-order valence-electron chi connectivity index (χ3n) is 4.57. The van der Waals surface area contributed by atoms with Gasteiger partial charge in [-0.15, -0.1) is 11.3 Å². The predicted octanol–water partition coefficient (Wildman–Crippen LogP) is 3.93. The number of ketones is 1. The molecule has 26 heavy (non-hydrogen) atoms. The van der Waals surface area contributed by atoms with Crippen molar-refractivity contribution in [1.29, 1.82) is 0 Å². The van der Waals surface area contributed by atoms with Gasteiger partial charge in [-0.2, -0.15) is 0 Å². The number of thiophene rings is 1. The van der Waals surface area contributed by atoms with Crippen LogP contribution in [-0.2, 0) is 17.6 Å². The van der Waals surface area contributed by atoms with Crippen LogP contribution in [0.25, 0.3) is 0 Å². The zero-order chi connectivity index (χ0) is 18.7. The van der Waals surface area contributed by atoms with Crippen molar-refractivity contribution in [3.05, 3.63) is 45.1 Å². The smallest absolute Gasteiger partial charge is 0.348 e. The van der Waals surface area contributed by atoms with E-state index in [-0.39, 0.29) is 12.4 Å². The molecular weight excluding hydrogens is 352 g/mol. The highest BCUT2D eigenvalue weighted by Gasteiger charge is 2.22. The minimum atomic E-state index is -0.446. The fraction of sp³-hybridized carbons (Fsp3) is 0.400. The number of rotatable bonds is 6. The molecule has 0 saturated carbocycles. The van der Waals surface area contributed by atoms with E-state index in [1.54, 1.807) is 25.3 Å². The summed E-state index contributed by atoms with van der Waals surface area (Å²) in [7, 11) is 3.02. The topological polar surface area (TPSA) is 61.8 Å². The van der Waals surface area contributed by atoms with Gasteiger partial charge < -0.3 is 14.2 Å². The molecule has 1 aliphatic rings. The summed E-state index contributed by atoms with van der Waals surface area (Å²) in [6.45, 7) is 1.90. The zero-order valence-electron chi connectivity index (χ0n) is 15.2. The predicted molar refractivity (Wildman–Crippen MR) is 99.7 cm³/mol. The van der Waals surface area contributed by atoms with Crippen LogP contribution in [0.1, 0.15) is 43.8 Å². The molecule has 1 aromatic heterocycles. The highest BCUT2D eigenvalue weighted by atomic mass is 32.1. The summed E-state index contributed by atoms with van der Waals surface area (Å²) in [6, 6.07) is 6.82. The van der Waals surface area contributed by atoms with Crippen LogP contribution in [0.15, 0.2) is 24.3 Å². The van der Waals surface area contributed by atoms with Crippen molar-refractivity contribution in [2.45, 2.75) is 26.2 Å². The van der Waals surface area contributed by atoms with Crippen LogP contribution in [0.2, 0.25) is 0 Å². The van der Waals surface area contributed by atoms with Gasteiger partial charge in [0, 0.05) is 10.9 Å². The maximum atomic E-state index is 12.4. The van der Waals surface area contributed by atoms with E-state index in [2.05, 4.69) is 6.92 Å². The lowest BCUT2D eigenvalue weighted by Crippen LogP contribution is -2.14. The van der Waals surface area contributed by atoms with Crippen LogP contribution in [0.4, 0.5) is 0 Å². The Hall–Kier alpha value is -2.34. The Bertz CT molecular complexity index is 824. The maximum Gasteiger partial charge on any atom is 0.348 e. The lowest BCUT2D eigenvalue weighted by Gasteiger charge is -2.16. The molecule has 0 bridgehead atoms. The molecule has 0 N–H and O–H groups in total. The maximum absolute atomic E-state index is 12.4. The number of carbonyl (C=O) groups excluding carboxylic acids is 2. The Morgan fingerprint density at radius 1 is 1.19 bits per heavy atom. The number of methoxy groups -OCH3 is 2. The number of benzene rings is 1. The second kappa shape index (κ2) is 7.91. The molecule has 1 heterocycles. The van der Waals surface area contributed by atoms with Crippen LogP contribution >= 0.6 is 11.3 Å². The molecule has 2 aromatic rings. The summed E-state index contributed by atoms with van der Waals surface area (Å²) < 4.78 is 15.6. The largest absolute Gasteiger partial charge is 0.497 e. The van der Waals surface area contributed by atoms with Crippen molar-refractivity contribution < 1.29 is 23.8 Å². The van der Waals surface area contributed by atoms with Gasteiger partial charge in [0.2, 0.25) is 5.78 Å². The van der Waals surface area contributed by atoms with E-state index in [1.807, 2.05) is 6.07 Å². The van der Waals surface area contributed by atoms with E-state index < -0.39 is 5.97 Å². The molecule has 0 radical (unpaired) electrons. The lowest BCUT2D eigenvalue weighted by molar-refractivity contribution is 0.0478. The molecule has 1 atom stereocenters. The van der Waals surface area contributed by atoms with Crippen molar-refractivity contribution in [3.8, 4) is 11.5 Å². The van der Waals surface area contributed by atoms with Crippen LogP contribution < -0.4 is 9.47 Å². The highest BCUT2D eigenvalue weighted by molar-refractivity contribution is 7.14.